The SMILES string of the molecule is COCCOc1ccnc(NC(C)C)n1. The lowest BCUT2D eigenvalue weighted by Crippen LogP contribution is -2.13. The Labute approximate surface area is 89.8 Å². The van der Waals surface area contributed by atoms with Gasteiger partial charge in [-0.3, -0.25) is 0 Å². The van der Waals surface area contributed by atoms with Gasteiger partial charge in [-0.25, -0.2) is 4.98 Å². The van der Waals surface area contributed by atoms with E-state index in [1.54, 1.807) is 19.4 Å². The third-order valence-electron chi connectivity index (χ3n) is 1.59. The van der Waals surface area contributed by atoms with Crippen molar-refractivity contribution in [1.82, 2.24) is 9.97 Å². The van der Waals surface area contributed by atoms with E-state index in [4.69, 9.17) is 9.47 Å². The first-order chi connectivity index (χ1) is 7.22. The fraction of sp³-hybridized carbons (Fsp3) is 0.600. The van der Waals surface area contributed by atoms with Crippen LogP contribution in [0.15, 0.2) is 12.3 Å². The normalized spacial score (nSPS) is 10.4. The van der Waals surface area contributed by atoms with Gasteiger partial charge in [-0.1, -0.05) is 0 Å². The van der Waals surface area contributed by atoms with Crippen LogP contribution in [0.3, 0.4) is 0 Å². The van der Waals surface area contributed by atoms with Crippen molar-refractivity contribution in [3.63, 3.8) is 0 Å². The molecule has 0 atom stereocenters. The molecule has 1 N–H and O–H groups in total. The van der Waals surface area contributed by atoms with E-state index in [1.807, 2.05) is 13.8 Å². The molecule has 0 aliphatic heterocycles. The maximum Gasteiger partial charge on any atom is 0.226 e. The van der Waals surface area contributed by atoms with Crippen LogP contribution < -0.4 is 10.1 Å². The van der Waals surface area contributed by atoms with Crippen molar-refractivity contribution in [3.05, 3.63) is 12.3 Å². The Morgan fingerprint density at radius 1 is 1.40 bits per heavy atom. The van der Waals surface area contributed by atoms with Crippen molar-refractivity contribution in [2.75, 3.05) is 25.6 Å². The molecule has 0 aliphatic rings. The highest BCUT2D eigenvalue weighted by Gasteiger charge is 2.00. The molecule has 1 rings (SSSR count). The van der Waals surface area contributed by atoms with Crippen molar-refractivity contribution in [2.24, 2.45) is 0 Å². The molecular formula is C10H17N3O2. The summed E-state index contributed by atoms with van der Waals surface area (Å²) in [6.45, 7) is 5.11. The number of nitrogens with one attached hydrogen (secondary N) is 1. The number of aromatic nitrogens is 2. The van der Waals surface area contributed by atoms with Crippen molar-refractivity contribution >= 4 is 5.95 Å². The van der Waals surface area contributed by atoms with E-state index in [-0.39, 0.29) is 0 Å². The molecule has 0 aromatic carbocycles. The van der Waals surface area contributed by atoms with Crippen LogP contribution >= 0.6 is 0 Å². The van der Waals surface area contributed by atoms with E-state index in [0.29, 0.717) is 31.1 Å². The Morgan fingerprint density at radius 3 is 2.87 bits per heavy atom. The summed E-state index contributed by atoms with van der Waals surface area (Å²) < 4.78 is 10.2. The Hall–Kier alpha value is -1.36. The summed E-state index contributed by atoms with van der Waals surface area (Å²) in [7, 11) is 1.63. The van der Waals surface area contributed by atoms with E-state index in [9.17, 15) is 0 Å². The van der Waals surface area contributed by atoms with E-state index in [1.165, 1.54) is 0 Å². The summed E-state index contributed by atoms with van der Waals surface area (Å²) in [6, 6.07) is 2.03. The largest absolute Gasteiger partial charge is 0.475 e. The molecule has 1 aromatic heterocycles. The molecule has 5 heteroatoms. The average Bonchev–Trinajstić information content (AvgIpc) is 2.18. The van der Waals surface area contributed by atoms with Crippen LogP contribution in [0.4, 0.5) is 5.95 Å². The van der Waals surface area contributed by atoms with E-state index in [0.717, 1.165) is 0 Å². The van der Waals surface area contributed by atoms with Gasteiger partial charge in [0.15, 0.2) is 0 Å². The van der Waals surface area contributed by atoms with Crippen LogP contribution in [0.5, 0.6) is 5.88 Å². The number of hydrogen-bond acceptors (Lipinski definition) is 5. The quantitative estimate of drug-likeness (QED) is 0.719. The number of rotatable bonds is 6. The second-order valence-electron chi connectivity index (χ2n) is 3.36. The topological polar surface area (TPSA) is 56.3 Å². The summed E-state index contributed by atoms with van der Waals surface area (Å²) in [5.41, 5.74) is 0. The molecule has 1 heterocycles. The number of ether oxygens (including phenoxy) is 2. The molecule has 0 spiro atoms. The van der Waals surface area contributed by atoms with Crippen LogP contribution in [-0.2, 0) is 4.74 Å². The second-order valence-corrected chi connectivity index (χ2v) is 3.36. The predicted octanol–water partition coefficient (Wildman–Crippen LogP) is 1.32. The van der Waals surface area contributed by atoms with Gasteiger partial charge in [-0.2, -0.15) is 4.98 Å². The first kappa shape index (κ1) is 11.7. The molecule has 0 unspecified atom stereocenters. The number of nitrogens with zero attached hydrogens (tertiary/aromatic N) is 2. The molecule has 0 saturated heterocycles. The zero-order valence-electron chi connectivity index (χ0n) is 9.36. The lowest BCUT2D eigenvalue weighted by molar-refractivity contribution is 0.143. The molecule has 0 amide bonds. The average molecular weight is 211 g/mol. The molecule has 0 aliphatic carbocycles. The van der Waals surface area contributed by atoms with Gasteiger partial charge >= 0.3 is 0 Å². The van der Waals surface area contributed by atoms with Gasteiger partial charge < -0.3 is 14.8 Å². The van der Waals surface area contributed by atoms with Crippen molar-refractivity contribution in [1.29, 1.82) is 0 Å². The molecule has 0 bridgehead atoms. The van der Waals surface area contributed by atoms with Crippen LogP contribution in [0, 0.1) is 0 Å². The monoisotopic (exact) mass is 211 g/mol. The van der Waals surface area contributed by atoms with Crippen LogP contribution in [0.2, 0.25) is 0 Å². The van der Waals surface area contributed by atoms with Crippen molar-refractivity contribution in [3.8, 4) is 5.88 Å². The fourth-order valence-corrected chi connectivity index (χ4v) is 0.980. The van der Waals surface area contributed by atoms with Gasteiger partial charge in [0.05, 0.1) is 6.61 Å². The Balaban J connectivity index is 2.50. The molecular weight excluding hydrogens is 194 g/mol. The molecule has 5 nitrogen and oxygen atoms in total. The number of methoxy groups -OCH3 is 1. The third-order valence-corrected chi connectivity index (χ3v) is 1.59. The van der Waals surface area contributed by atoms with E-state index < -0.39 is 0 Å². The third kappa shape index (κ3) is 4.60. The summed E-state index contributed by atoms with van der Waals surface area (Å²) in [5, 5.41) is 3.10. The first-order valence-corrected chi connectivity index (χ1v) is 4.93. The lowest BCUT2D eigenvalue weighted by atomic mass is 10.4. The van der Waals surface area contributed by atoms with Gasteiger partial charge in [0.25, 0.3) is 0 Å². The highest BCUT2D eigenvalue weighted by Crippen LogP contribution is 2.08. The highest BCUT2D eigenvalue weighted by molar-refractivity contribution is 5.28. The molecule has 0 fully saturated rings. The maximum absolute atomic E-state index is 5.35. The summed E-state index contributed by atoms with van der Waals surface area (Å²) in [4.78, 5) is 8.26. The smallest absolute Gasteiger partial charge is 0.226 e. The maximum atomic E-state index is 5.35. The van der Waals surface area contributed by atoms with Gasteiger partial charge in [-0.05, 0) is 13.8 Å². The van der Waals surface area contributed by atoms with Gasteiger partial charge in [0.1, 0.15) is 6.61 Å². The molecule has 84 valence electrons. The fourth-order valence-electron chi connectivity index (χ4n) is 0.980. The Morgan fingerprint density at radius 2 is 2.20 bits per heavy atom. The van der Waals surface area contributed by atoms with Crippen molar-refractivity contribution in [2.45, 2.75) is 19.9 Å². The summed E-state index contributed by atoms with van der Waals surface area (Å²) in [6.07, 6.45) is 1.67. The minimum atomic E-state index is 0.305. The summed E-state index contributed by atoms with van der Waals surface area (Å²) >= 11 is 0. The second kappa shape index (κ2) is 6.19. The Kier molecular flexibility index (Phi) is 4.83. The van der Waals surface area contributed by atoms with Crippen LogP contribution in [-0.4, -0.2) is 36.3 Å². The van der Waals surface area contributed by atoms with Crippen molar-refractivity contribution < 1.29 is 9.47 Å². The standard InChI is InChI=1S/C10H17N3O2/c1-8(2)12-10-11-5-4-9(13-10)15-7-6-14-3/h4-5,8H,6-7H2,1-3H3,(H,11,12,13). The lowest BCUT2D eigenvalue weighted by Gasteiger charge is -2.09. The predicted molar refractivity (Wildman–Crippen MR) is 58.2 cm³/mol. The minimum Gasteiger partial charge on any atom is -0.475 e. The van der Waals surface area contributed by atoms with Crippen LogP contribution in [0.25, 0.3) is 0 Å². The van der Waals surface area contributed by atoms with Gasteiger partial charge in [0.2, 0.25) is 11.8 Å². The molecule has 15 heavy (non-hydrogen) atoms. The van der Waals surface area contributed by atoms with Gasteiger partial charge in [-0.15, -0.1) is 0 Å². The summed E-state index contributed by atoms with van der Waals surface area (Å²) in [5.74, 6) is 1.14. The molecule has 1 aromatic rings. The van der Waals surface area contributed by atoms with E-state index >= 15 is 0 Å². The zero-order valence-corrected chi connectivity index (χ0v) is 9.36. The minimum absolute atomic E-state index is 0.305. The van der Waals surface area contributed by atoms with Gasteiger partial charge in [0, 0.05) is 25.4 Å². The number of hydrogen-bond donors (Lipinski definition) is 1. The van der Waals surface area contributed by atoms with Crippen LogP contribution in [0.1, 0.15) is 13.8 Å². The Bertz CT molecular complexity index is 292. The highest BCUT2D eigenvalue weighted by atomic mass is 16.5. The van der Waals surface area contributed by atoms with E-state index in [2.05, 4.69) is 15.3 Å². The zero-order chi connectivity index (χ0) is 11.1. The molecule has 0 radical (unpaired) electrons. The molecule has 0 saturated carbocycles. The number of anilines is 1. The first-order valence-electron chi connectivity index (χ1n) is 4.93.